The number of Topliss-reactive ketones (excluding diaryl/α,β-unsaturated/α-hetero) is 1. The fourth-order valence-electron chi connectivity index (χ4n) is 1.60. The van der Waals surface area contributed by atoms with Crippen LogP contribution in [-0.2, 0) is 4.79 Å². The predicted octanol–water partition coefficient (Wildman–Crippen LogP) is 2.81. The maximum atomic E-state index is 11.4. The Bertz CT molecular complexity index is 320. The SMILES string of the molecule is O=C1CCCCC1=Cc1ccco1. The molecule has 68 valence electrons. The van der Waals surface area contributed by atoms with Crippen LogP contribution < -0.4 is 0 Å². The molecule has 0 unspecified atom stereocenters. The first-order valence-electron chi connectivity index (χ1n) is 4.63. The minimum atomic E-state index is 0.280. The molecule has 2 heteroatoms. The smallest absolute Gasteiger partial charge is 0.158 e. The zero-order chi connectivity index (χ0) is 9.10. The van der Waals surface area contributed by atoms with Crippen LogP contribution in [0.15, 0.2) is 28.4 Å². The quantitative estimate of drug-likeness (QED) is 0.616. The molecule has 1 heterocycles. The second-order valence-corrected chi connectivity index (χ2v) is 3.32. The molecule has 13 heavy (non-hydrogen) atoms. The number of hydrogen-bond donors (Lipinski definition) is 0. The van der Waals surface area contributed by atoms with Crippen molar-refractivity contribution in [3.63, 3.8) is 0 Å². The van der Waals surface area contributed by atoms with Crippen molar-refractivity contribution < 1.29 is 9.21 Å². The van der Waals surface area contributed by atoms with E-state index < -0.39 is 0 Å². The van der Waals surface area contributed by atoms with E-state index in [-0.39, 0.29) is 5.78 Å². The molecule has 1 fully saturated rings. The lowest BCUT2D eigenvalue weighted by Crippen LogP contribution is -2.07. The normalized spacial score (nSPS) is 20.9. The molecule has 0 aromatic carbocycles. The molecule has 0 amide bonds. The Morgan fingerprint density at radius 3 is 2.85 bits per heavy atom. The molecule has 1 saturated carbocycles. The van der Waals surface area contributed by atoms with E-state index in [2.05, 4.69) is 0 Å². The maximum absolute atomic E-state index is 11.4. The van der Waals surface area contributed by atoms with Crippen LogP contribution in [-0.4, -0.2) is 5.78 Å². The van der Waals surface area contributed by atoms with E-state index in [1.165, 1.54) is 0 Å². The molecular formula is C11H12O2. The van der Waals surface area contributed by atoms with Gasteiger partial charge in [0.15, 0.2) is 5.78 Å². The predicted molar refractivity (Wildman–Crippen MR) is 50.2 cm³/mol. The van der Waals surface area contributed by atoms with E-state index in [1.807, 2.05) is 18.2 Å². The monoisotopic (exact) mass is 176 g/mol. The molecular weight excluding hydrogens is 164 g/mol. The third-order valence-corrected chi connectivity index (χ3v) is 2.32. The number of hydrogen-bond acceptors (Lipinski definition) is 2. The number of allylic oxidation sites excluding steroid dienone is 1. The Morgan fingerprint density at radius 1 is 1.31 bits per heavy atom. The summed E-state index contributed by atoms with van der Waals surface area (Å²) in [6.45, 7) is 0. The fourth-order valence-corrected chi connectivity index (χ4v) is 1.60. The average molecular weight is 176 g/mol. The topological polar surface area (TPSA) is 30.2 Å². The van der Waals surface area contributed by atoms with Crippen molar-refractivity contribution in [2.45, 2.75) is 25.7 Å². The number of furan rings is 1. The third kappa shape index (κ3) is 1.89. The number of carbonyl (C=O) groups is 1. The van der Waals surface area contributed by atoms with Gasteiger partial charge in [0, 0.05) is 6.42 Å². The average Bonchev–Trinajstić information content (AvgIpc) is 2.61. The van der Waals surface area contributed by atoms with E-state index in [0.29, 0.717) is 6.42 Å². The van der Waals surface area contributed by atoms with Gasteiger partial charge in [-0.05, 0) is 43.0 Å². The Morgan fingerprint density at radius 2 is 2.15 bits per heavy atom. The van der Waals surface area contributed by atoms with Crippen LogP contribution in [0, 0.1) is 0 Å². The molecule has 0 bridgehead atoms. The summed E-state index contributed by atoms with van der Waals surface area (Å²) in [6.07, 6.45) is 7.25. The second-order valence-electron chi connectivity index (χ2n) is 3.32. The number of carbonyl (C=O) groups excluding carboxylic acids is 1. The van der Waals surface area contributed by atoms with Crippen LogP contribution in [0.5, 0.6) is 0 Å². The molecule has 1 aromatic rings. The zero-order valence-electron chi connectivity index (χ0n) is 7.45. The van der Waals surface area contributed by atoms with Gasteiger partial charge in [-0.1, -0.05) is 0 Å². The van der Waals surface area contributed by atoms with E-state index in [9.17, 15) is 4.79 Å². The summed E-state index contributed by atoms with van der Waals surface area (Å²) in [5, 5.41) is 0. The largest absolute Gasteiger partial charge is 0.465 e. The summed E-state index contributed by atoms with van der Waals surface area (Å²) in [6, 6.07) is 3.70. The second kappa shape index (κ2) is 3.60. The number of ketones is 1. The van der Waals surface area contributed by atoms with Crippen LogP contribution in [0.3, 0.4) is 0 Å². The fraction of sp³-hybridized carbons (Fsp3) is 0.364. The summed E-state index contributed by atoms with van der Waals surface area (Å²) in [7, 11) is 0. The highest BCUT2D eigenvalue weighted by atomic mass is 16.3. The molecule has 1 aliphatic carbocycles. The van der Waals surface area contributed by atoms with Gasteiger partial charge in [0.25, 0.3) is 0 Å². The standard InChI is InChI=1S/C11H12O2/c12-11-6-2-1-4-9(11)8-10-5-3-7-13-10/h3,5,7-8H,1-2,4,6H2. The van der Waals surface area contributed by atoms with Crippen molar-refractivity contribution in [2.75, 3.05) is 0 Å². The van der Waals surface area contributed by atoms with Crippen LogP contribution in [0.2, 0.25) is 0 Å². The Balaban J connectivity index is 2.19. The van der Waals surface area contributed by atoms with Crippen molar-refractivity contribution in [1.82, 2.24) is 0 Å². The lowest BCUT2D eigenvalue weighted by Gasteiger charge is -2.11. The molecule has 0 radical (unpaired) electrons. The van der Waals surface area contributed by atoms with E-state index >= 15 is 0 Å². The molecule has 2 nitrogen and oxygen atoms in total. The lowest BCUT2D eigenvalue weighted by molar-refractivity contribution is -0.116. The van der Waals surface area contributed by atoms with Gasteiger partial charge < -0.3 is 4.42 Å². The van der Waals surface area contributed by atoms with Gasteiger partial charge in [-0.2, -0.15) is 0 Å². The van der Waals surface area contributed by atoms with Crippen LogP contribution in [0.25, 0.3) is 6.08 Å². The highest BCUT2D eigenvalue weighted by Gasteiger charge is 2.14. The van der Waals surface area contributed by atoms with E-state index in [0.717, 1.165) is 30.6 Å². The zero-order valence-corrected chi connectivity index (χ0v) is 7.45. The summed E-state index contributed by atoms with van der Waals surface area (Å²) in [5.74, 6) is 1.06. The van der Waals surface area contributed by atoms with Crippen molar-refractivity contribution in [3.05, 3.63) is 29.7 Å². The Kier molecular flexibility index (Phi) is 2.30. The van der Waals surface area contributed by atoms with Crippen LogP contribution in [0.1, 0.15) is 31.4 Å². The first-order chi connectivity index (χ1) is 6.36. The van der Waals surface area contributed by atoms with Gasteiger partial charge in [0.1, 0.15) is 5.76 Å². The van der Waals surface area contributed by atoms with Crippen molar-refractivity contribution in [1.29, 1.82) is 0 Å². The third-order valence-electron chi connectivity index (χ3n) is 2.32. The maximum Gasteiger partial charge on any atom is 0.158 e. The summed E-state index contributed by atoms with van der Waals surface area (Å²) in [5.41, 5.74) is 0.918. The minimum absolute atomic E-state index is 0.280. The lowest BCUT2D eigenvalue weighted by atomic mass is 9.93. The van der Waals surface area contributed by atoms with Crippen LogP contribution in [0.4, 0.5) is 0 Å². The van der Waals surface area contributed by atoms with Crippen molar-refractivity contribution in [2.24, 2.45) is 0 Å². The molecule has 0 N–H and O–H groups in total. The summed E-state index contributed by atoms with van der Waals surface area (Å²) >= 11 is 0. The molecule has 0 saturated heterocycles. The summed E-state index contributed by atoms with van der Waals surface area (Å²) < 4.78 is 5.16. The molecule has 0 spiro atoms. The van der Waals surface area contributed by atoms with Gasteiger partial charge in [0.2, 0.25) is 0 Å². The van der Waals surface area contributed by atoms with Crippen LogP contribution >= 0.6 is 0 Å². The molecule has 1 aromatic heterocycles. The minimum Gasteiger partial charge on any atom is -0.465 e. The molecule has 1 aliphatic rings. The van der Waals surface area contributed by atoms with Gasteiger partial charge in [0.05, 0.1) is 6.26 Å². The van der Waals surface area contributed by atoms with Crippen molar-refractivity contribution >= 4 is 11.9 Å². The molecule has 0 atom stereocenters. The van der Waals surface area contributed by atoms with E-state index in [1.54, 1.807) is 6.26 Å². The van der Waals surface area contributed by atoms with E-state index in [4.69, 9.17) is 4.42 Å². The highest BCUT2D eigenvalue weighted by Crippen LogP contribution is 2.22. The van der Waals surface area contributed by atoms with Gasteiger partial charge >= 0.3 is 0 Å². The Labute approximate surface area is 77.2 Å². The molecule has 0 aliphatic heterocycles. The van der Waals surface area contributed by atoms with Gasteiger partial charge in [-0.15, -0.1) is 0 Å². The van der Waals surface area contributed by atoms with Gasteiger partial charge in [-0.25, -0.2) is 0 Å². The first kappa shape index (κ1) is 8.30. The first-order valence-corrected chi connectivity index (χ1v) is 4.63. The molecule has 2 rings (SSSR count). The van der Waals surface area contributed by atoms with Gasteiger partial charge in [-0.3, -0.25) is 4.79 Å². The van der Waals surface area contributed by atoms with Crippen molar-refractivity contribution in [3.8, 4) is 0 Å². The highest BCUT2D eigenvalue weighted by molar-refractivity contribution is 5.99. The summed E-state index contributed by atoms with van der Waals surface area (Å²) in [4.78, 5) is 11.4. The Hall–Kier alpha value is -1.31. The number of rotatable bonds is 1.